The predicted molar refractivity (Wildman–Crippen MR) is 146 cm³/mol. The molecule has 1 amide bonds. The lowest BCUT2D eigenvalue weighted by atomic mass is 10.1. The molecule has 0 unspecified atom stereocenters. The molecule has 206 valence electrons. The summed E-state index contributed by atoms with van der Waals surface area (Å²) in [6.45, 7) is 2.17. The van der Waals surface area contributed by atoms with Gasteiger partial charge in [-0.2, -0.15) is 0 Å². The molecule has 3 N–H and O–H groups in total. The van der Waals surface area contributed by atoms with Crippen LogP contribution < -0.4 is 27.4 Å². The summed E-state index contributed by atoms with van der Waals surface area (Å²) in [5, 5.41) is 15.0. The van der Waals surface area contributed by atoms with Crippen LogP contribution in [0.4, 0.5) is 15.9 Å². The Bertz CT molecular complexity index is 1900. The molecule has 2 heterocycles. The van der Waals surface area contributed by atoms with Crippen LogP contribution in [0.2, 0.25) is 0 Å². The molecule has 0 atom stereocenters. The summed E-state index contributed by atoms with van der Waals surface area (Å²) in [6.07, 6.45) is 1.74. The largest absolute Gasteiger partial charge is 0.480 e. The molecular weight excluding hydrogens is 521 g/mol. The van der Waals surface area contributed by atoms with Crippen molar-refractivity contribution in [3.05, 3.63) is 96.2 Å². The predicted octanol–water partition coefficient (Wildman–Crippen LogP) is 2.33. The van der Waals surface area contributed by atoms with E-state index in [-0.39, 0.29) is 51.2 Å². The number of carbonyl (C=O) groups excluding carboxylic acids is 1. The molecule has 2 aromatic carbocycles. The van der Waals surface area contributed by atoms with E-state index in [4.69, 9.17) is 0 Å². The number of aromatic nitrogens is 3. The molecule has 0 radical (unpaired) electrons. The molecule has 40 heavy (non-hydrogen) atoms. The number of anilines is 2. The molecule has 0 spiro atoms. The zero-order valence-electron chi connectivity index (χ0n) is 21.9. The first-order chi connectivity index (χ1) is 19.0. The van der Waals surface area contributed by atoms with Crippen LogP contribution >= 0.6 is 0 Å². The Morgan fingerprint density at radius 1 is 1.05 bits per heavy atom. The van der Waals surface area contributed by atoms with Crippen molar-refractivity contribution in [1.82, 2.24) is 19.0 Å². The third kappa shape index (κ3) is 4.68. The molecule has 0 aliphatic heterocycles. The molecule has 1 saturated carbocycles. The van der Waals surface area contributed by atoms with E-state index in [0.717, 1.165) is 22.0 Å². The number of benzene rings is 2. The number of nitrogens with zero attached hydrogens (tertiary/aromatic N) is 3. The third-order valence-electron chi connectivity index (χ3n) is 6.84. The van der Waals surface area contributed by atoms with E-state index in [2.05, 4.69) is 10.6 Å². The number of nitrogens with one attached hydrogen (secondary N) is 2. The smallest absolute Gasteiger partial charge is 0.336 e. The Morgan fingerprint density at radius 3 is 2.42 bits per heavy atom. The molecule has 4 aromatic rings. The van der Waals surface area contributed by atoms with Crippen molar-refractivity contribution in [2.75, 3.05) is 5.32 Å². The second-order valence-electron chi connectivity index (χ2n) is 9.87. The average molecular weight is 548 g/mol. The number of carboxylic acids is 1. The minimum absolute atomic E-state index is 0.0249. The fourth-order valence-electron chi connectivity index (χ4n) is 4.63. The molecule has 2 aromatic heterocycles. The van der Waals surface area contributed by atoms with Crippen LogP contribution in [0.5, 0.6) is 0 Å². The van der Waals surface area contributed by atoms with Crippen molar-refractivity contribution < 1.29 is 19.1 Å². The first-order valence-electron chi connectivity index (χ1n) is 12.5. The average Bonchev–Trinajstić information content (AvgIpc) is 3.73. The van der Waals surface area contributed by atoms with Gasteiger partial charge in [0.1, 0.15) is 23.6 Å². The highest BCUT2D eigenvalue weighted by atomic mass is 19.1. The standard InChI is InChI=1S/C28H26FN5O6/c1-14-7-10-20(19(29)11-14)31-24-22-23(15(2)26(38)32(24)3)34(28(40)33(27(22)39)13-21(35)36)18-6-4-5-16(12-18)25(37)30-17-8-9-17/h4-7,10-12,17,31H,8-9,13H2,1-3H3,(H,30,37)(H,35,36). The van der Waals surface area contributed by atoms with Crippen molar-refractivity contribution in [3.63, 3.8) is 0 Å². The molecule has 1 fully saturated rings. The Morgan fingerprint density at radius 2 is 1.77 bits per heavy atom. The monoisotopic (exact) mass is 547 g/mol. The van der Waals surface area contributed by atoms with Crippen LogP contribution in [0.15, 0.2) is 56.8 Å². The van der Waals surface area contributed by atoms with Gasteiger partial charge in [-0.05, 0) is 62.6 Å². The Balaban J connectivity index is 1.86. The van der Waals surface area contributed by atoms with Crippen LogP contribution in [0.3, 0.4) is 0 Å². The van der Waals surface area contributed by atoms with Crippen molar-refractivity contribution in [1.29, 1.82) is 0 Å². The minimum atomic E-state index is -1.44. The van der Waals surface area contributed by atoms with Gasteiger partial charge < -0.3 is 15.7 Å². The fourth-order valence-corrected chi connectivity index (χ4v) is 4.63. The van der Waals surface area contributed by atoms with Gasteiger partial charge in [0.15, 0.2) is 0 Å². The molecule has 5 rings (SSSR count). The van der Waals surface area contributed by atoms with Gasteiger partial charge in [0.25, 0.3) is 17.0 Å². The maximum atomic E-state index is 14.8. The number of halogens is 1. The number of aryl methyl sites for hydroxylation is 2. The molecule has 11 nitrogen and oxygen atoms in total. The summed E-state index contributed by atoms with van der Waals surface area (Å²) in [6, 6.07) is 10.5. The summed E-state index contributed by atoms with van der Waals surface area (Å²) in [5.41, 5.74) is -1.64. The Hall–Kier alpha value is -5.00. The number of pyridine rings is 1. The van der Waals surface area contributed by atoms with E-state index in [1.54, 1.807) is 25.1 Å². The van der Waals surface area contributed by atoms with E-state index in [9.17, 15) is 33.5 Å². The number of carbonyl (C=O) groups is 2. The van der Waals surface area contributed by atoms with Crippen molar-refractivity contribution in [2.24, 2.45) is 7.05 Å². The SMILES string of the molecule is Cc1ccc(Nc2c3c(=O)n(CC(=O)O)c(=O)n(-c4cccc(C(=O)NC5CC5)c4)c3c(C)c(=O)n2C)c(F)c1. The van der Waals surface area contributed by atoms with Gasteiger partial charge in [0.2, 0.25) is 0 Å². The molecule has 12 heteroatoms. The Kier molecular flexibility index (Phi) is 6.62. The van der Waals surface area contributed by atoms with Crippen LogP contribution in [0.25, 0.3) is 16.6 Å². The van der Waals surface area contributed by atoms with Crippen LogP contribution in [0.1, 0.15) is 34.3 Å². The van der Waals surface area contributed by atoms with Gasteiger partial charge in [-0.15, -0.1) is 0 Å². The highest BCUT2D eigenvalue weighted by Gasteiger charge is 2.26. The van der Waals surface area contributed by atoms with Crippen molar-refractivity contribution in [2.45, 2.75) is 39.3 Å². The first-order valence-corrected chi connectivity index (χ1v) is 12.5. The molecule has 1 aliphatic rings. The normalized spacial score (nSPS) is 12.9. The number of fused-ring (bicyclic) bond motifs is 1. The second kappa shape index (κ2) is 9.95. The van der Waals surface area contributed by atoms with Gasteiger partial charge in [-0.25, -0.2) is 13.8 Å². The lowest BCUT2D eigenvalue weighted by molar-refractivity contribution is -0.137. The number of rotatable bonds is 7. The van der Waals surface area contributed by atoms with E-state index in [1.807, 2.05) is 0 Å². The highest BCUT2D eigenvalue weighted by molar-refractivity contribution is 5.96. The van der Waals surface area contributed by atoms with Crippen molar-refractivity contribution in [3.8, 4) is 5.69 Å². The van der Waals surface area contributed by atoms with E-state index < -0.39 is 35.1 Å². The number of amides is 1. The second-order valence-corrected chi connectivity index (χ2v) is 9.87. The van der Waals surface area contributed by atoms with Gasteiger partial charge in [0.05, 0.1) is 16.9 Å². The van der Waals surface area contributed by atoms with Crippen LogP contribution in [-0.4, -0.2) is 36.7 Å². The van der Waals surface area contributed by atoms with Gasteiger partial charge in [-0.3, -0.25) is 28.3 Å². The zero-order valence-corrected chi connectivity index (χ0v) is 21.9. The number of hydrogen-bond acceptors (Lipinski definition) is 6. The van der Waals surface area contributed by atoms with Crippen LogP contribution in [0, 0.1) is 19.7 Å². The summed E-state index contributed by atoms with van der Waals surface area (Å²) in [5.74, 6) is -2.57. The van der Waals surface area contributed by atoms with Gasteiger partial charge in [-0.1, -0.05) is 12.1 Å². The summed E-state index contributed by atoms with van der Waals surface area (Å²) in [4.78, 5) is 65.2. The molecule has 1 aliphatic carbocycles. The molecule has 0 saturated heterocycles. The summed E-state index contributed by atoms with van der Waals surface area (Å²) < 4.78 is 17.5. The molecular formula is C28H26FN5O6. The Labute approximate surface area is 226 Å². The summed E-state index contributed by atoms with van der Waals surface area (Å²) >= 11 is 0. The highest BCUT2D eigenvalue weighted by Crippen LogP contribution is 2.27. The quantitative estimate of drug-likeness (QED) is 0.322. The number of hydrogen-bond donors (Lipinski definition) is 3. The fraction of sp³-hybridized carbons (Fsp3) is 0.250. The van der Waals surface area contributed by atoms with Gasteiger partial charge in [0, 0.05) is 24.2 Å². The van der Waals surface area contributed by atoms with Gasteiger partial charge >= 0.3 is 11.7 Å². The topological polar surface area (TPSA) is 144 Å². The van der Waals surface area contributed by atoms with Crippen molar-refractivity contribution >= 4 is 34.3 Å². The lowest BCUT2D eigenvalue weighted by Gasteiger charge is -2.20. The van der Waals surface area contributed by atoms with E-state index >= 15 is 0 Å². The lowest BCUT2D eigenvalue weighted by Crippen LogP contribution is -2.43. The first kappa shape index (κ1) is 26.6. The maximum Gasteiger partial charge on any atom is 0.336 e. The molecule has 0 bridgehead atoms. The van der Waals surface area contributed by atoms with E-state index in [1.165, 1.54) is 38.2 Å². The maximum absolute atomic E-state index is 14.8. The van der Waals surface area contributed by atoms with Crippen LogP contribution in [-0.2, 0) is 18.4 Å². The third-order valence-corrected chi connectivity index (χ3v) is 6.84. The summed E-state index contributed by atoms with van der Waals surface area (Å²) in [7, 11) is 1.38. The van der Waals surface area contributed by atoms with E-state index in [0.29, 0.717) is 10.1 Å². The zero-order chi connectivity index (χ0) is 28.9. The number of carboxylic acid groups (broad SMARTS) is 1. The number of aliphatic carboxylic acids is 1. The minimum Gasteiger partial charge on any atom is -0.480 e.